The van der Waals surface area contributed by atoms with E-state index >= 15 is 0 Å². The second-order valence-corrected chi connectivity index (χ2v) is 20.6. The van der Waals surface area contributed by atoms with E-state index in [1.807, 2.05) is 0 Å². The van der Waals surface area contributed by atoms with Gasteiger partial charge in [-0.2, -0.15) is 0 Å². The average Bonchev–Trinajstić information content (AvgIpc) is 3.35. The Labute approximate surface area is 429 Å². The minimum atomic E-state index is -0.782. The Bertz CT molecular complexity index is 1160. The molecule has 0 saturated heterocycles. The van der Waals surface area contributed by atoms with Gasteiger partial charge in [0, 0.05) is 19.3 Å². The second-order valence-electron chi connectivity index (χ2n) is 20.6. The maximum absolute atomic E-state index is 12.8. The van der Waals surface area contributed by atoms with Crippen molar-refractivity contribution in [3.8, 4) is 0 Å². The van der Waals surface area contributed by atoms with Crippen molar-refractivity contribution in [3.63, 3.8) is 0 Å². The molecule has 69 heavy (non-hydrogen) atoms. The molecule has 0 amide bonds. The van der Waals surface area contributed by atoms with Crippen LogP contribution in [0.15, 0.2) is 36.5 Å². The number of hydrogen-bond acceptors (Lipinski definition) is 6. The maximum atomic E-state index is 12.8. The highest BCUT2D eigenvalue weighted by atomic mass is 16.6. The van der Waals surface area contributed by atoms with Crippen molar-refractivity contribution in [1.29, 1.82) is 0 Å². The van der Waals surface area contributed by atoms with Gasteiger partial charge in [-0.25, -0.2) is 0 Å². The highest BCUT2D eigenvalue weighted by molar-refractivity contribution is 5.71. The molecule has 0 fully saturated rings. The Morgan fingerprint density at radius 3 is 0.884 bits per heavy atom. The fraction of sp³-hybridized carbons (Fsp3) is 0.857. The van der Waals surface area contributed by atoms with Crippen molar-refractivity contribution in [3.05, 3.63) is 36.5 Å². The molecule has 0 aliphatic carbocycles. The van der Waals surface area contributed by atoms with Crippen molar-refractivity contribution in [2.75, 3.05) is 13.2 Å². The van der Waals surface area contributed by atoms with Crippen molar-refractivity contribution < 1.29 is 28.6 Å². The van der Waals surface area contributed by atoms with E-state index in [1.54, 1.807) is 0 Å². The molecule has 0 heterocycles. The molecule has 1 unspecified atom stereocenters. The molecule has 0 aromatic rings. The van der Waals surface area contributed by atoms with Crippen LogP contribution in [0.2, 0.25) is 0 Å². The first kappa shape index (κ1) is 66.6. The highest BCUT2D eigenvalue weighted by Crippen LogP contribution is 2.18. The summed E-state index contributed by atoms with van der Waals surface area (Å²) in [7, 11) is 0. The predicted octanol–water partition coefficient (Wildman–Crippen LogP) is 20.4. The van der Waals surface area contributed by atoms with Crippen molar-refractivity contribution in [2.24, 2.45) is 0 Å². The molecule has 0 aromatic heterocycles. The van der Waals surface area contributed by atoms with Gasteiger partial charge in [-0.15, -0.1) is 0 Å². The van der Waals surface area contributed by atoms with Gasteiger partial charge in [-0.05, 0) is 51.4 Å². The molecule has 0 spiro atoms. The third kappa shape index (κ3) is 56.4. The third-order valence-electron chi connectivity index (χ3n) is 13.7. The van der Waals surface area contributed by atoms with E-state index in [0.29, 0.717) is 19.3 Å². The van der Waals surface area contributed by atoms with E-state index in [1.165, 1.54) is 205 Å². The van der Waals surface area contributed by atoms with E-state index < -0.39 is 6.10 Å². The largest absolute Gasteiger partial charge is 0.462 e. The zero-order valence-electron chi connectivity index (χ0n) is 46.3. The van der Waals surface area contributed by atoms with E-state index in [9.17, 15) is 14.4 Å². The Kier molecular flexibility index (Phi) is 56.2. The smallest absolute Gasteiger partial charge is 0.306 e. The van der Waals surface area contributed by atoms with E-state index in [0.717, 1.165) is 83.5 Å². The topological polar surface area (TPSA) is 78.9 Å². The summed E-state index contributed by atoms with van der Waals surface area (Å²) < 4.78 is 16.8. The fourth-order valence-corrected chi connectivity index (χ4v) is 9.11. The number of unbranched alkanes of at least 4 members (excludes halogenated alkanes) is 39. The Balaban J connectivity index is 4.00. The number of hydrogen-bond donors (Lipinski definition) is 0. The normalized spacial score (nSPS) is 12.2. The first-order chi connectivity index (χ1) is 34.0. The predicted molar refractivity (Wildman–Crippen MR) is 298 cm³/mol. The Hall–Kier alpha value is -2.37. The Morgan fingerprint density at radius 2 is 0.565 bits per heavy atom. The highest BCUT2D eigenvalue weighted by Gasteiger charge is 2.19. The van der Waals surface area contributed by atoms with Crippen molar-refractivity contribution in [1.82, 2.24) is 0 Å². The number of esters is 3. The van der Waals surface area contributed by atoms with Crippen molar-refractivity contribution >= 4 is 17.9 Å². The monoisotopic (exact) mass is 969 g/mol. The second kappa shape index (κ2) is 58.2. The summed E-state index contributed by atoms with van der Waals surface area (Å²) in [5.41, 5.74) is 0. The number of rotatable bonds is 56. The molecule has 404 valence electrons. The van der Waals surface area contributed by atoms with Gasteiger partial charge in [0.25, 0.3) is 0 Å². The van der Waals surface area contributed by atoms with E-state index in [4.69, 9.17) is 14.2 Å². The summed E-state index contributed by atoms with van der Waals surface area (Å²) in [6, 6.07) is 0. The van der Waals surface area contributed by atoms with Crippen LogP contribution >= 0.6 is 0 Å². The summed E-state index contributed by atoms with van der Waals surface area (Å²) >= 11 is 0. The van der Waals surface area contributed by atoms with Crippen LogP contribution in [0.25, 0.3) is 0 Å². The zero-order valence-corrected chi connectivity index (χ0v) is 46.3. The maximum Gasteiger partial charge on any atom is 0.306 e. The van der Waals surface area contributed by atoms with Gasteiger partial charge >= 0.3 is 17.9 Å². The summed E-state index contributed by atoms with van der Waals surface area (Å²) in [5, 5.41) is 0. The lowest BCUT2D eigenvalue weighted by atomic mass is 10.0. The molecule has 0 aromatic carbocycles. The summed E-state index contributed by atoms with van der Waals surface area (Å²) in [6.45, 7) is 6.51. The molecule has 6 nitrogen and oxygen atoms in total. The molecule has 0 N–H and O–H groups in total. The van der Waals surface area contributed by atoms with Crippen LogP contribution in [0.4, 0.5) is 0 Å². The summed E-state index contributed by atoms with van der Waals surface area (Å²) in [6.07, 6.45) is 70.5. The quantitative estimate of drug-likeness (QED) is 0.0261. The van der Waals surface area contributed by atoms with Crippen LogP contribution in [0.3, 0.4) is 0 Å². The zero-order chi connectivity index (χ0) is 50.0. The van der Waals surface area contributed by atoms with Gasteiger partial charge in [0.15, 0.2) is 6.10 Å². The first-order valence-corrected chi connectivity index (χ1v) is 30.5. The van der Waals surface area contributed by atoms with Crippen molar-refractivity contribution in [2.45, 2.75) is 335 Å². The van der Waals surface area contributed by atoms with Gasteiger partial charge in [0.1, 0.15) is 13.2 Å². The van der Waals surface area contributed by atoms with Gasteiger partial charge < -0.3 is 14.2 Å². The van der Waals surface area contributed by atoms with E-state index in [-0.39, 0.29) is 31.1 Å². The van der Waals surface area contributed by atoms with Crippen LogP contribution in [-0.2, 0) is 28.6 Å². The molecule has 6 heteroatoms. The number of carbonyl (C=O) groups is 3. The molecular weight excluding hydrogens is 853 g/mol. The molecular formula is C63H116O6. The summed E-state index contributed by atoms with van der Waals surface area (Å²) in [5.74, 6) is -0.899. The van der Waals surface area contributed by atoms with Gasteiger partial charge in [-0.3, -0.25) is 14.4 Å². The lowest BCUT2D eigenvalue weighted by Crippen LogP contribution is -2.30. The minimum absolute atomic E-state index is 0.0800. The van der Waals surface area contributed by atoms with Gasteiger partial charge in [0.05, 0.1) is 0 Å². The van der Waals surface area contributed by atoms with Gasteiger partial charge in [0.2, 0.25) is 0 Å². The molecule has 0 bridgehead atoms. The minimum Gasteiger partial charge on any atom is -0.462 e. The fourth-order valence-electron chi connectivity index (χ4n) is 9.11. The molecule has 0 aliphatic heterocycles. The molecule has 0 rings (SSSR count). The Morgan fingerprint density at radius 1 is 0.304 bits per heavy atom. The first-order valence-electron chi connectivity index (χ1n) is 30.5. The lowest BCUT2D eigenvalue weighted by Gasteiger charge is -2.18. The standard InChI is InChI=1S/C63H116O6/c1-4-7-10-13-16-19-21-23-24-25-26-27-28-29-30-31-32-33-34-35-36-37-38-39-41-42-44-47-50-53-56-62(65)68-59-60(58-67-61(64)55-52-49-46-18-15-12-9-6-3)69-63(66)57-54-51-48-45-43-40-22-20-17-14-11-8-5-2/h8,11,17,20,40,43,60H,4-7,9-10,12-16,18-19,21-39,41-42,44-59H2,1-3H3/b11-8-,20-17-,43-40-. The van der Waals surface area contributed by atoms with Crippen LogP contribution < -0.4 is 0 Å². The molecule has 0 radical (unpaired) electrons. The average molecular weight is 970 g/mol. The van der Waals surface area contributed by atoms with Crippen LogP contribution in [0, 0.1) is 0 Å². The van der Waals surface area contributed by atoms with Gasteiger partial charge in [-0.1, -0.05) is 295 Å². The number of ether oxygens (including phenoxy) is 3. The number of allylic oxidation sites excluding steroid dienone is 6. The van der Waals surface area contributed by atoms with E-state index in [2.05, 4.69) is 57.2 Å². The SMILES string of the molecule is CC/C=C\C/C=C\C/C=C\CCCCCC(=O)OC(COC(=O)CCCCCCCCCC)COC(=O)CCCCCCCCCCCCCCCCCCCCCCCCCCCCCCCC. The van der Waals surface area contributed by atoms with Crippen LogP contribution in [0.1, 0.15) is 329 Å². The lowest BCUT2D eigenvalue weighted by molar-refractivity contribution is -0.167. The number of carbonyl (C=O) groups excluding carboxylic acids is 3. The molecule has 0 saturated carbocycles. The molecule has 0 aliphatic rings. The van der Waals surface area contributed by atoms with Crippen LogP contribution in [0.5, 0.6) is 0 Å². The van der Waals surface area contributed by atoms with Crippen LogP contribution in [-0.4, -0.2) is 37.2 Å². The summed E-state index contributed by atoms with van der Waals surface area (Å²) in [4.78, 5) is 37.9. The molecule has 1 atom stereocenters. The third-order valence-corrected chi connectivity index (χ3v) is 13.7.